The van der Waals surface area contributed by atoms with Crippen molar-refractivity contribution in [1.82, 2.24) is 0 Å². The van der Waals surface area contributed by atoms with Gasteiger partial charge in [0.1, 0.15) is 11.6 Å². The van der Waals surface area contributed by atoms with Crippen LogP contribution in [0.4, 0.5) is 8.78 Å². The van der Waals surface area contributed by atoms with E-state index in [9.17, 15) is 8.78 Å². The Kier molecular flexibility index (Phi) is 4.55. The van der Waals surface area contributed by atoms with Gasteiger partial charge in [-0.15, -0.1) is 0 Å². The van der Waals surface area contributed by atoms with Crippen LogP contribution < -0.4 is 5.73 Å². The molecule has 2 aromatic carbocycles. The number of benzene rings is 2. The summed E-state index contributed by atoms with van der Waals surface area (Å²) in [5.41, 5.74) is 7.43. The van der Waals surface area contributed by atoms with E-state index in [2.05, 4.69) is 15.9 Å². The van der Waals surface area contributed by atoms with Crippen LogP contribution in [0.5, 0.6) is 0 Å². The Balaban J connectivity index is 2.25. The van der Waals surface area contributed by atoms with Gasteiger partial charge in [0, 0.05) is 11.1 Å². The zero-order valence-electron chi connectivity index (χ0n) is 9.84. The third kappa shape index (κ3) is 3.32. The van der Waals surface area contributed by atoms with Gasteiger partial charge in [-0.25, -0.2) is 8.78 Å². The van der Waals surface area contributed by atoms with Gasteiger partial charge in [-0.3, -0.25) is 0 Å². The zero-order valence-corrected chi connectivity index (χ0v) is 12.2. The van der Waals surface area contributed by atoms with Crippen LogP contribution in [-0.2, 0) is 6.42 Å². The Labute approximate surface area is 123 Å². The summed E-state index contributed by atoms with van der Waals surface area (Å²) >= 11 is 9.14. The maximum atomic E-state index is 13.4. The smallest absolute Gasteiger partial charge is 0.137 e. The molecule has 19 heavy (non-hydrogen) atoms. The minimum Gasteiger partial charge on any atom is -0.324 e. The largest absolute Gasteiger partial charge is 0.324 e. The average Bonchev–Trinajstić information content (AvgIpc) is 2.34. The molecular weight excluding hydrogens is 336 g/mol. The molecule has 2 rings (SSSR count). The Bertz CT molecular complexity index is 604. The quantitative estimate of drug-likeness (QED) is 0.862. The number of halogens is 4. The Morgan fingerprint density at radius 3 is 2.63 bits per heavy atom. The van der Waals surface area contributed by atoms with Gasteiger partial charge in [0.2, 0.25) is 0 Å². The summed E-state index contributed by atoms with van der Waals surface area (Å²) in [5.74, 6) is -0.747. The van der Waals surface area contributed by atoms with Crippen LogP contribution in [0.3, 0.4) is 0 Å². The van der Waals surface area contributed by atoms with Crippen LogP contribution in [0.25, 0.3) is 0 Å². The fourth-order valence-corrected chi connectivity index (χ4v) is 2.59. The summed E-state index contributed by atoms with van der Waals surface area (Å²) in [4.78, 5) is 0. The fourth-order valence-electron chi connectivity index (χ4n) is 1.86. The van der Waals surface area contributed by atoms with E-state index in [1.165, 1.54) is 18.2 Å². The molecule has 5 heteroatoms. The molecule has 2 aromatic rings. The van der Waals surface area contributed by atoms with Crippen LogP contribution in [0.15, 0.2) is 40.9 Å². The molecule has 0 saturated heterocycles. The Hall–Kier alpha value is -0.970. The predicted octanol–water partition coefficient (Wildman–Crippen LogP) is 4.62. The average molecular weight is 347 g/mol. The first-order chi connectivity index (χ1) is 8.99. The van der Waals surface area contributed by atoms with Crippen molar-refractivity contribution in [2.45, 2.75) is 12.5 Å². The molecule has 1 nitrogen and oxygen atoms in total. The molecule has 1 unspecified atom stereocenters. The van der Waals surface area contributed by atoms with Crippen LogP contribution in [0.2, 0.25) is 5.02 Å². The summed E-state index contributed by atoms with van der Waals surface area (Å²) in [7, 11) is 0. The molecule has 0 aromatic heterocycles. The van der Waals surface area contributed by atoms with Crippen molar-refractivity contribution in [3.63, 3.8) is 0 Å². The molecule has 0 fully saturated rings. The number of nitrogens with two attached hydrogens (primary N) is 1. The second-order valence-electron chi connectivity index (χ2n) is 4.19. The molecule has 0 radical (unpaired) electrons. The monoisotopic (exact) mass is 345 g/mol. The predicted molar refractivity (Wildman–Crippen MR) is 76.1 cm³/mol. The Morgan fingerprint density at radius 1 is 1.21 bits per heavy atom. The number of rotatable bonds is 3. The lowest BCUT2D eigenvalue weighted by atomic mass is 9.99. The van der Waals surface area contributed by atoms with Gasteiger partial charge < -0.3 is 5.73 Å². The maximum Gasteiger partial charge on any atom is 0.137 e. The molecule has 0 amide bonds. The van der Waals surface area contributed by atoms with Crippen molar-refractivity contribution < 1.29 is 8.78 Å². The first-order valence-corrected chi connectivity index (χ1v) is 6.79. The number of hydrogen-bond donors (Lipinski definition) is 1. The highest BCUT2D eigenvalue weighted by molar-refractivity contribution is 9.10. The summed E-state index contributed by atoms with van der Waals surface area (Å²) in [6.07, 6.45) is 0.406. The fraction of sp³-hybridized carbons (Fsp3) is 0.143. The van der Waals surface area contributed by atoms with Gasteiger partial charge in [0.15, 0.2) is 0 Å². The van der Waals surface area contributed by atoms with Gasteiger partial charge in [-0.05, 0) is 51.7 Å². The lowest BCUT2D eigenvalue weighted by molar-refractivity contribution is 0.613. The summed E-state index contributed by atoms with van der Waals surface area (Å²) in [6.45, 7) is 0. The molecule has 0 bridgehead atoms. The second kappa shape index (κ2) is 5.99. The van der Waals surface area contributed by atoms with Crippen LogP contribution in [0, 0.1) is 11.6 Å². The highest BCUT2D eigenvalue weighted by Gasteiger charge is 2.14. The van der Waals surface area contributed by atoms with E-state index < -0.39 is 11.9 Å². The third-order valence-electron chi connectivity index (χ3n) is 2.83. The summed E-state index contributed by atoms with van der Waals surface area (Å²) in [5, 5.41) is 0.278. The van der Waals surface area contributed by atoms with Gasteiger partial charge in [0.25, 0.3) is 0 Å². The Morgan fingerprint density at radius 2 is 1.95 bits per heavy atom. The highest BCUT2D eigenvalue weighted by atomic mass is 79.9. The summed E-state index contributed by atoms with van der Waals surface area (Å²) in [6, 6.07) is 8.42. The second-order valence-corrected chi connectivity index (χ2v) is 5.39. The van der Waals surface area contributed by atoms with E-state index in [-0.39, 0.29) is 10.8 Å². The van der Waals surface area contributed by atoms with E-state index in [1.54, 1.807) is 18.2 Å². The molecular formula is C14H11BrClF2N. The van der Waals surface area contributed by atoms with Crippen molar-refractivity contribution in [3.05, 3.63) is 68.7 Å². The van der Waals surface area contributed by atoms with Crippen LogP contribution in [0.1, 0.15) is 17.2 Å². The first kappa shape index (κ1) is 14.4. The first-order valence-electron chi connectivity index (χ1n) is 5.62. The minimum atomic E-state index is -0.425. The van der Waals surface area contributed by atoms with E-state index in [0.29, 0.717) is 16.5 Å². The van der Waals surface area contributed by atoms with Gasteiger partial charge >= 0.3 is 0 Å². The van der Waals surface area contributed by atoms with Crippen molar-refractivity contribution in [2.24, 2.45) is 5.73 Å². The molecule has 0 aliphatic heterocycles. The van der Waals surface area contributed by atoms with Crippen molar-refractivity contribution in [1.29, 1.82) is 0 Å². The normalized spacial score (nSPS) is 12.5. The van der Waals surface area contributed by atoms with Crippen molar-refractivity contribution >= 4 is 27.5 Å². The van der Waals surface area contributed by atoms with E-state index in [1.807, 2.05) is 0 Å². The van der Waals surface area contributed by atoms with Crippen LogP contribution >= 0.6 is 27.5 Å². The lowest BCUT2D eigenvalue weighted by Gasteiger charge is -2.15. The molecule has 0 heterocycles. The molecule has 0 saturated carbocycles. The lowest BCUT2D eigenvalue weighted by Crippen LogP contribution is -2.14. The number of hydrogen-bond acceptors (Lipinski definition) is 1. The molecule has 2 N–H and O–H groups in total. The van der Waals surface area contributed by atoms with Gasteiger partial charge in [-0.2, -0.15) is 0 Å². The third-order valence-corrected chi connectivity index (χ3v) is 4.05. The van der Waals surface area contributed by atoms with Crippen LogP contribution in [-0.4, -0.2) is 0 Å². The SMILES string of the molecule is NC(Cc1cccc(F)c1Br)c1ccc(F)cc1Cl. The van der Waals surface area contributed by atoms with Crippen molar-refractivity contribution in [3.8, 4) is 0 Å². The summed E-state index contributed by atoms with van der Waals surface area (Å²) < 4.78 is 26.8. The molecule has 0 aliphatic carbocycles. The van der Waals surface area contributed by atoms with Crippen molar-refractivity contribution in [2.75, 3.05) is 0 Å². The van der Waals surface area contributed by atoms with E-state index in [4.69, 9.17) is 17.3 Å². The topological polar surface area (TPSA) is 26.0 Å². The van der Waals surface area contributed by atoms with E-state index in [0.717, 1.165) is 5.56 Å². The molecule has 1 atom stereocenters. The highest BCUT2D eigenvalue weighted by Crippen LogP contribution is 2.28. The molecule has 0 aliphatic rings. The molecule has 100 valence electrons. The molecule has 0 spiro atoms. The zero-order chi connectivity index (χ0) is 14.0. The van der Waals surface area contributed by atoms with Gasteiger partial charge in [0.05, 0.1) is 4.47 Å². The van der Waals surface area contributed by atoms with E-state index >= 15 is 0 Å². The standard InChI is InChI=1S/C14H11BrClF2N/c15-14-8(2-1-3-12(14)18)6-13(19)10-5-4-9(17)7-11(10)16/h1-5,7,13H,6,19H2. The maximum absolute atomic E-state index is 13.4. The van der Waals surface area contributed by atoms with Gasteiger partial charge in [-0.1, -0.05) is 29.8 Å². The minimum absolute atomic E-state index is 0.278.